The average Bonchev–Trinajstić information content (AvgIpc) is 2.19. The highest BCUT2D eigenvalue weighted by molar-refractivity contribution is 5.54. The van der Waals surface area contributed by atoms with Gasteiger partial charge in [-0.15, -0.1) is 0 Å². The smallest absolute Gasteiger partial charge is 0.0934 e. The van der Waals surface area contributed by atoms with E-state index in [2.05, 4.69) is 42.3 Å². The van der Waals surface area contributed by atoms with Crippen LogP contribution in [0, 0.1) is 13.8 Å². The molecule has 1 aromatic rings. The van der Waals surface area contributed by atoms with Crippen LogP contribution in [0.1, 0.15) is 11.1 Å². The van der Waals surface area contributed by atoms with Crippen LogP contribution < -0.4 is 10.2 Å². The van der Waals surface area contributed by atoms with Crippen molar-refractivity contribution in [3.63, 3.8) is 0 Å². The molecule has 1 fully saturated rings. The predicted molar refractivity (Wildman–Crippen MR) is 59.8 cm³/mol. The Morgan fingerprint density at radius 3 is 2.50 bits per heavy atom. The molecule has 1 aromatic carbocycles. The molecular formula is C12H19N2+. The number of hydrogen-bond acceptors (Lipinski definition) is 1. The van der Waals surface area contributed by atoms with Crippen LogP contribution >= 0.6 is 0 Å². The molecule has 0 bridgehead atoms. The molecule has 2 nitrogen and oxygen atoms in total. The predicted octanol–water partition coefficient (Wildman–Crippen LogP) is 0.687. The van der Waals surface area contributed by atoms with Crippen LogP contribution in [0.4, 0.5) is 5.69 Å². The van der Waals surface area contributed by atoms with Crippen molar-refractivity contribution in [2.75, 3.05) is 31.1 Å². The number of nitrogens with zero attached hydrogens (tertiary/aromatic N) is 1. The quantitative estimate of drug-likeness (QED) is 0.692. The van der Waals surface area contributed by atoms with Crippen LogP contribution in [0.15, 0.2) is 18.2 Å². The molecule has 0 aromatic heterocycles. The van der Waals surface area contributed by atoms with Gasteiger partial charge in [-0.25, -0.2) is 0 Å². The van der Waals surface area contributed by atoms with E-state index in [9.17, 15) is 0 Å². The maximum absolute atomic E-state index is 2.49. The van der Waals surface area contributed by atoms with Crippen molar-refractivity contribution >= 4 is 5.69 Å². The normalized spacial score (nSPS) is 17.1. The third kappa shape index (κ3) is 1.90. The van der Waals surface area contributed by atoms with Gasteiger partial charge in [0.1, 0.15) is 0 Å². The second-order valence-corrected chi connectivity index (χ2v) is 4.14. The Balaban J connectivity index is 2.22. The van der Waals surface area contributed by atoms with Gasteiger partial charge in [-0.1, -0.05) is 17.7 Å². The van der Waals surface area contributed by atoms with Crippen LogP contribution in [0.25, 0.3) is 0 Å². The first-order valence-electron chi connectivity index (χ1n) is 5.41. The number of piperazine rings is 1. The number of quaternary nitrogens is 1. The standard InChI is InChI=1S/C12H18N2/c1-10-3-4-12(11(2)9-10)14-7-5-13-6-8-14/h3-4,9,13H,5-8H2,1-2H3/p+1. The van der Waals surface area contributed by atoms with Gasteiger partial charge in [-0.3, -0.25) is 0 Å². The molecule has 2 N–H and O–H groups in total. The van der Waals surface area contributed by atoms with E-state index in [1.54, 1.807) is 0 Å². The largest absolute Gasteiger partial charge is 0.360 e. The lowest BCUT2D eigenvalue weighted by Crippen LogP contribution is -2.89. The SMILES string of the molecule is Cc1ccc(N2CC[NH2+]CC2)c(C)c1. The number of anilines is 1. The molecule has 0 aliphatic carbocycles. The van der Waals surface area contributed by atoms with E-state index in [4.69, 9.17) is 0 Å². The van der Waals surface area contributed by atoms with E-state index < -0.39 is 0 Å². The number of nitrogens with two attached hydrogens (primary N) is 1. The molecule has 0 amide bonds. The fourth-order valence-electron chi connectivity index (χ4n) is 2.15. The Labute approximate surface area is 85.9 Å². The first-order valence-corrected chi connectivity index (χ1v) is 5.41. The van der Waals surface area contributed by atoms with Gasteiger partial charge in [-0.05, 0) is 25.5 Å². The van der Waals surface area contributed by atoms with Crippen LogP contribution in [-0.2, 0) is 0 Å². The summed E-state index contributed by atoms with van der Waals surface area (Å²) in [6.45, 7) is 9.19. The molecule has 1 heterocycles. The number of benzene rings is 1. The number of aryl methyl sites for hydroxylation is 2. The minimum absolute atomic E-state index is 1.18. The fourth-order valence-corrected chi connectivity index (χ4v) is 2.15. The van der Waals surface area contributed by atoms with E-state index >= 15 is 0 Å². The Morgan fingerprint density at radius 1 is 1.14 bits per heavy atom. The van der Waals surface area contributed by atoms with Crippen LogP contribution in [-0.4, -0.2) is 26.2 Å². The Bertz CT molecular complexity index is 314. The van der Waals surface area contributed by atoms with Crippen molar-refractivity contribution in [1.29, 1.82) is 0 Å². The molecule has 2 heteroatoms. The molecule has 1 aliphatic rings. The fraction of sp³-hybridized carbons (Fsp3) is 0.500. The van der Waals surface area contributed by atoms with Crippen LogP contribution in [0.2, 0.25) is 0 Å². The maximum atomic E-state index is 2.49. The third-order valence-corrected chi connectivity index (χ3v) is 2.90. The third-order valence-electron chi connectivity index (χ3n) is 2.90. The van der Waals surface area contributed by atoms with Crippen molar-refractivity contribution in [3.8, 4) is 0 Å². The summed E-state index contributed by atoms with van der Waals surface area (Å²) in [6, 6.07) is 6.74. The zero-order chi connectivity index (χ0) is 9.97. The van der Waals surface area contributed by atoms with Crippen LogP contribution in [0.3, 0.4) is 0 Å². The summed E-state index contributed by atoms with van der Waals surface area (Å²) in [5.41, 5.74) is 4.19. The summed E-state index contributed by atoms with van der Waals surface area (Å²) in [6.07, 6.45) is 0. The Morgan fingerprint density at radius 2 is 1.86 bits per heavy atom. The van der Waals surface area contributed by atoms with Crippen molar-refractivity contribution in [3.05, 3.63) is 29.3 Å². The zero-order valence-electron chi connectivity index (χ0n) is 9.09. The molecule has 0 unspecified atom stereocenters. The molecular weight excluding hydrogens is 172 g/mol. The summed E-state index contributed by atoms with van der Waals surface area (Å²) in [7, 11) is 0. The van der Waals surface area contributed by atoms with Gasteiger partial charge in [-0.2, -0.15) is 0 Å². The Kier molecular flexibility index (Phi) is 2.73. The first-order chi connectivity index (χ1) is 6.77. The molecule has 0 radical (unpaired) electrons. The molecule has 0 atom stereocenters. The summed E-state index contributed by atoms with van der Waals surface area (Å²) in [5.74, 6) is 0. The molecule has 14 heavy (non-hydrogen) atoms. The highest BCUT2D eigenvalue weighted by Gasteiger charge is 2.13. The topological polar surface area (TPSA) is 19.9 Å². The second-order valence-electron chi connectivity index (χ2n) is 4.14. The Hall–Kier alpha value is -1.02. The molecule has 0 spiro atoms. The zero-order valence-corrected chi connectivity index (χ0v) is 9.09. The van der Waals surface area contributed by atoms with Gasteiger partial charge in [0, 0.05) is 5.69 Å². The van der Waals surface area contributed by atoms with E-state index in [-0.39, 0.29) is 0 Å². The second kappa shape index (κ2) is 4.01. The highest BCUT2D eigenvalue weighted by atomic mass is 15.2. The van der Waals surface area contributed by atoms with Gasteiger partial charge in [0.15, 0.2) is 0 Å². The van der Waals surface area contributed by atoms with Gasteiger partial charge in [0.25, 0.3) is 0 Å². The highest BCUT2D eigenvalue weighted by Crippen LogP contribution is 2.20. The molecule has 1 aliphatic heterocycles. The summed E-state index contributed by atoms with van der Waals surface area (Å²) in [4.78, 5) is 2.49. The van der Waals surface area contributed by atoms with E-state index in [1.165, 1.54) is 43.0 Å². The van der Waals surface area contributed by atoms with Gasteiger partial charge in [0.05, 0.1) is 26.2 Å². The van der Waals surface area contributed by atoms with Gasteiger partial charge in [0.2, 0.25) is 0 Å². The lowest BCUT2D eigenvalue weighted by Gasteiger charge is -2.28. The monoisotopic (exact) mass is 191 g/mol. The number of hydrogen-bond donors (Lipinski definition) is 1. The van der Waals surface area contributed by atoms with Crippen molar-refractivity contribution in [2.24, 2.45) is 0 Å². The van der Waals surface area contributed by atoms with Gasteiger partial charge >= 0.3 is 0 Å². The molecule has 76 valence electrons. The van der Waals surface area contributed by atoms with Crippen molar-refractivity contribution in [1.82, 2.24) is 0 Å². The summed E-state index contributed by atoms with van der Waals surface area (Å²) in [5, 5.41) is 2.39. The molecule has 0 saturated carbocycles. The summed E-state index contributed by atoms with van der Waals surface area (Å²) >= 11 is 0. The van der Waals surface area contributed by atoms with E-state index in [1.807, 2.05) is 0 Å². The maximum Gasteiger partial charge on any atom is 0.0934 e. The average molecular weight is 191 g/mol. The minimum Gasteiger partial charge on any atom is -0.360 e. The lowest BCUT2D eigenvalue weighted by molar-refractivity contribution is -0.655. The van der Waals surface area contributed by atoms with Crippen molar-refractivity contribution in [2.45, 2.75) is 13.8 Å². The van der Waals surface area contributed by atoms with Crippen molar-refractivity contribution < 1.29 is 5.32 Å². The molecule has 2 rings (SSSR count). The van der Waals surface area contributed by atoms with E-state index in [0.29, 0.717) is 0 Å². The van der Waals surface area contributed by atoms with Gasteiger partial charge < -0.3 is 10.2 Å². The molecule has 1 saturated heterocycles. The lowest BCUT2D eigenvalue weighted by atomic mass is 10.1. The van der Waals surface area contributed by atoms with E-state index in [0.717, 1.165) is 0 Å². The van der Waals surface area contributed by atoms with Crippen LogP contribution in [0.5, 0.6) is 0 Å². The minimum atomic E-state index is 1.18. The first kappa shape index (κ1) is 9.53. The number of rotatable bonds is 1. The summed E-state index contributed by atoms with van der Waals surface area (Å²) < 4.78 is 0.